The average molecular weight is 309 g/mol. The van der Waals surface area contributed by atoms with E-state index in [1.807, 2.05) is 36.6 Å². The molecule has 2 N–H and O–H groups in total. The molecule has 0 aliphatic rings. The van der Waals surface area contributed by atoms with Crippen molar-refractivity contribution >= 4 is 27.8 Å². The van der Waals surface area contributed by atoms with E-state index in [9.17, 15) is 4.21 Å². The van der Waals surface area contributed by atoms with Gasteiger partial charge in [-0.3, -0.25) is 4.21 Å². The summed E-state index contributed by atoms with van der Waals surface area (Å²) < 4.78 is 19.1. The zero-order chi connectivity index (χ0) is 15.6. The molecule has 0 aliphatic heterocycles. The molecule has 0 bridgehead atoms. The number of nitrogen functional groups attached to an aromatic ring is 1. The molecule has 2 rings (SSSR count). The minimum Gasteiger partial charge on any atom is -0.489 e. The van der Waals surface area contributed by atoms with Crippen LogP contribution in [0.15, 0.2) is 18.2 Å². The number of imidazole rings is 1. The number of hydrogen-bond acceptors (Lipinski definition) is 4. The molecule has 1 aromatic heterocycles. The number of hydrogen-bond donors (Lipinski definition) is 1. The minimum absolute atomic E-state index is 0.0851. The van der Waals surface area contributed by atoms with Crippen LogP contribution in [0.25, 0.3) is 11.0 Å². The lowest BCUT2D eigenvalue weighted by Gasteiger charge is -2.15. The lowest BCUT2D eigenvalue weighted by molar-refractivity contribution is 0.245. The van der Waals surface area contributed by atoms with E-state index in [2.05, 4.69) is 11.9 Å². The first-order valence-electron chi connectivity index (χ1n) is 7.13. The highest BCUT2D eigenvalue weighted by molar-refractivity contribution is 7.84. The van der Waals surface area contributed by atoms with Crippen LogP contribution in [-0.4, -0.2) is 31.9 Å². The van der Waals surface area contributed by atoms with Gasteiger partial charge in [-0.25, -0.2) is 4.98 Å². The van der Waals surface area contributed by atoms with Crippen LogP contribution < -0.4 is 10.5 Å². The van der Waals surface area contributed by atoms with Gasteiger partial charge in [0.15, 0.2) is 0 Å². The highest BCUT2D eigenvalue weighted by Gasteiger charge is 2.17. The number of para-hydroxylation sites is 1. The minimum atomic E-state index is -0.800. The summed E-state index contributed by atoms with van der Waals surface area (Å²) in [6.45, 7) is 6.04. The third kappa shape index (κ3) is 3.56. The highest BCUT2D eigenvalue weighted by Crippen LogP contribution is 2.31. The SMILES string of the molecule is CC(C)Oc1cccc2c1nc(N)n2C(C)CCS(C)=O. The molecule has 0 fully saturated rings. The summed E-state index contributed by atoms with van der Waals surface area (Å²) in [6, 6.07) is 5.99. The topological polar surface area (TPSA) is 70.1 Å². The van der Waals surface area contributed by atoms with Gasteiger partial charge in [-0.05, 0) is 39.3 Å². The van der Waals surface area contributed by atoms with Gasteiger partial charge in [0.2, 0.25) is 5.95 Å². The molecule has 2 atom stereocenters. The maximum absolute atomic E-state index is 11.3. The van der Waals surface area contributed by atoms with E-state index in [0.717, 1.165) is 23.2 Å². The summed E-state index contributed by atoms with van der Waals surface area (Å²) in [5, 5.41) is 0. The standard InChI is InChI=1S/C15H23N3O2S/c1-10(2)20-13-7-5-6-12-14(13)17-15(16)18(12)11(3)8-9-21(4)19/h5-7,10-11H,8-9H2,1-4H3,(H2,16,17). The molecule has 2 aromatic rings. The van der Waals surface area contributed by atoms with E-state index in [-0.39, 0.29) is 12.1 Å². The van der Waals surface area contributed by atoms with Crippen molar-refractivity contribution in [1.29, 1.82) is 0 Å². The van der Waals surface area contributed by atoms with Crippen molar-refractivity contribution in [3.8, 4) is 5.75 Å². The third-order valence-electron chi connectivity index (χ3n) is 3.34. The first-order chi connectivity index (χ1) is 9.90. The van der Waals surface area contributed by atoms with E-state index < -0.39 is 10.8 Å². The van der Waals surface area contributed by atoms with Gasteiger partial charge >= 0.3 is 0 Å². The molecule has 0 spiro atoms. The van der Waals surface area contributed by atoms with E-state index >= 15 is 0 Å². The van der Waals surface area contributed by atoms with Crippen molar-refractivity contribution in [2.75, 3.05) is 17.7 Å². The van der Waals surface area contributed by atoms with Crippen LogP contribution in [0, 0.1) is 0 Å². The summed E-state index contributed by atoms with van der Waals surface area (Å²) in [5.74, 6) is 1.88. The number of anilines is 1. The Bertz CT molecular complexity index is 652. The second-order valence-corrected chi connectivity index (χ2v) is 7.10. The van der Waals surface area contributed by atoms with Crippen LogP contribution in [-0.2, 0) is 10.8 Å². The molecule has 0 aliphatic carbocycles. The van der Waals surface area contributed by atoms with Crippen molar-refractivity contribution < 1.29 is 8.95 Å². The van der Waals surface area contributed by atoms with Crippen molar-refractivity contribution in [2.45, 2.75) is 39.3 Å². The number of fused-ring (bicyclic) bond motifs is 1. The van der Waals surface area contributed by atoms with Gasteiger partial charge < -0.3 is 15.0 Å². The average Bonchev–Trinajstić information content (AvgIpc) is 2.73. The Morgan fingerprint density at radius 1 is 1.38 bits per heavy atom. The summed E-state index contributed by atoms with van der Waals surface area (Å²) in [4.78, 5) is 4.45. The summed E-state index contributed by atoms with van der Waals surface area (Å²) in [6.07, 6.45) is 2.60. The van der Waals surface area contributed by atoms with Crippen LogP contribution in [0.5, 0.6) is 5.75 Å². The molecule has 1 heterocycles. The third-order valence-corrected chi connectivity index (χ3v) is 4.15. The zero-order valence-corrected chi connectivity index (χ0v) is 13.8. The molecular weight excluding hydrogens is 286 g/mol. The van der Waals surface area contributed by atoms with Gasteiger partial charge in [0.1, 0.15) is 11.3 Å². The largest absolute Gasteiger partial charge is 0.489 e. The quantitative estimate of drug-likeness (QED) is 0.890. The highest BCUT2D eigenvalue weighted by atomic mass is 32.2. The van der Waals surface area contributed by atoms with Crippen LogP contribution in [0.1, 0.15) is 33.2 Å². The summed E-state index contributed by atoms with van der Waals surface area (Å²) in [5.41, 5.74) is 7.82. The van der Waals surface area contributed by atoms with Crippen molar-refractivity contribution in [3.63, 3.8) is 0 Å². The molecule has 21 heavy (non-hydrogen) atoms. The number of ether oxygens (including phenoxy) is 1. The number of nitrogens with zero attached hydrogens (tertiary/aromatic N) is 2. The van der Waals surface area contributed by atoms with Gasteiger partial charge in [0.25, 0.3) is 0 Å². The van der Waals surface area contributed by atoms with Gasteiger partial charge in [-0.15, -0.1) is 0 Å². The Balaban J connectivity index is 2.40. The molecule has 5 nitrogen and oxygen atoms in total. The Hall–Kier alpha value is -1.56. The maximum atomic E-state index is 11.3. The Morgan fingerprint density at radius 3 is 2.71 bits per heavy atom. The molecule has 6 heteroatoms. The predicted octanol–water partition coefficient (Wildman–Crippen LogP) is 2.74. The van der Waals surface area contributed by atoms with Gasteiger partial charge in [-0.2, -0.15) is 0 Å². The Labute approximate surface area is 127 Å². The zero-order valence-electron chi connectivity index (χ0n) is 13.0. The fraction of sp³-hybridized carbons (Fsp3) is 0.533. The van der Waals surface area contributed by atoms with E-state index in [4.69, 9.17) is 10.5 Å². The predicted molar refractivity (Wildman–Crippen MR) is 88.2 cm³/mol. The smallest absolute Gasteiger partial charge is 0.201 e. The van der Waals surface area contributed by atoms with Gasteiger partial charge in [0.05, 0.1) is 11.6 Å². The van der Waals surface area contributed by atoms with Gasteiger partial charge in [-0.1, -0.05) is 6.07 Å². The van der Waals surface area contributed by atoms with Crippen molar-refractivity contribution in [3.05, 3.63) is 18.2 Å². The number of aromatic nitrogens is 2. The molecular formula is C15H23N3O2S. The van der Waals surface area contributed by atoms with E-state index in [1.54, 1.807) is 6.26 Å². The number of rotatable bonds is 6. The van der Waals surface area contributed by atoms with Crippen LogP contribution in [0.4, 0.5) is 5.95 Å². The van der Waals surface area contributed by atoms with Crippen molar-refractivity contribution in [1.82, 2.24) is 9.55 Å². The molecule has 1 aromatic carbocycles. The molecule has 0 saturated heterocycles. The van der Waals surface area contributed by atoms with E-state index in [0.29, 0.717) is 11.7 Å². The van der Waals surface area contributed by atoms with Gasteiger partial charge in [0, 0.05) is 28.9 Å². The second kappa shape index (κ2) is 6.47. The first kappa shape index (κ1) is 15.8. The van der Waals surface area contributed by atoms with Crippen molar-refractivity contribution in [2.24, 2.45) is 0 Å². The molecule has 116 valence electrons. The van der Waals surface area contributed by atoms with Crippen LogP contribution in [0.3, 0.4) is 0 Å². The Kier molecular flexibility index (Phi) is 4.88. The molecule has 0 saturated carbocycles. The van der Waals surface area contributed by atoms with E-state index in [1.165, 1.54) is 0 Å². The van der Waals surface area contributed by atoms with Crippen LogP contribution in [0.2, 0.25) is 0 Å². The second-order valence-electron chi connectivity index (χ2n) is 5.55. The maximum Gasteiger partial charge on any atom is 0.201 e. The Morgan fingerprint density at radius 2 is 2.10 bits per heavy atom. The molecule has 2 unspecified atom stereocenters. The summed E-state index contributed by atoms with van der Waals surface area (Å²) >= 11 is 0. The fourth-order valence-electron chi connectivity index (χ4n) is 2.39. The lowest BCUT2D eigenvalue weighted by atomic mass is 10.2. The molecule has 0 amide bonds. The van der Waals surface area contributed by atoms with Crippen LogP contribution >= 0.6 is 0 Å². The first-order valence-corrected chi connectivity index (χ1v) is 8.86. The number of nitrogens with two attached hydrogens (primary N) is 1. The number of benzene rings is 1. The normalized spacial score (nSPS) is 14.5. The summed E-state index contributed by atoms with van der Waals surface area (Å²) in [7, 11) is -0.800. The lowest BCUT2D eigenvalue weighted by Crippen LogP contribution is -2.11. The monoisotopic (exact) mass is 309 g/mol. The fourth-order valence-corrected chi connectivity index (χ4v) is 3.06. The molecule has 0 radical (unpaired) electrons.